The smallest absolute Gasteiger partial charge is 0.407 e. The minimum absolute atomic E-state index is 0.0891. The van der Waals surface area contributed by atoms with Gasteiger partial charge in [0.15, 0.2) is 0 Å². The number of amides is 4. The van der Waals surface area contributed by atoms with Gasteiger partial charge in [-0.3, -0.25) is 19.7 Å². The van der Waals surface area contributed by atoms with E-state index in [1.165, 1.54) is 22.3 Å². The van der Waals surface area contributed by atoms with Crippen molar-refractivity contribution in [2.75, 3.05) is 0 Å². The topological polar surface area (TPSA) is 118 Å². The van der Waals surface area contributed by atoms with Crippen molar-refractivity contribution in [3.63, 3.8) is 0 Å². The molecule has 2 aliphatic heterocycles. The molecule has 0 bridgehead atoms. The Labute approximate surface area is 196 Å². The van der Waals surface area contributed by atoms with Gasteiger partial charge in [-0.1, -0.05) is 18.2 Å². The molecular weight excluding hydrogens is 463 g/mol. The van der Waals surface area contributed by atoms with Gasteiger partial charge in [0.25, 0.3) is 5.91 Å². The molecule has 2 N–H and O–H groups in total. The Hall–Kier alpha value is -3.86. The number of carbonyl (C=O) groups excluding carboxylic acids is 4. The maximum Gasteiger partial charge on any atom is 0.407 e. The highest BCUT2D eigenvalue weighted by Crippen LogP contribution is 2.28. The highest BCUT2D eigenvalue weighted by Gasteiger charge is 2.39. The van der Waals surface area contributed by atoms with Crippen LogP contribution in [0, 0.1) is 5.82 Å². The second-order valence-electron chi connectivity index (χ2n) is 8.02. The SMILES string of the molecule is O=C1CCC(N2Cc3ccc(CNC(=O)OCc4nc5c(F)cccc5s4)cc3C2=O)C(=O)N1. The lowest BCUT2D eigenvalue weighted by Gasteiger charge is -2.29. The monoisotopic (exact) mass is 482 g/mol. The summed E-state index contributed by atoms with van der Waals surface area (Å²) < 4.78 is 19.6. The Morgan fingerprint density at radius 1 is 1.26 bits per heavy atom. The van der Waals surface area contributed by atoms with Crippen molar-refractivity contribution in [3.05, 3.63) is 63.9 Å². The van der Waals surface area contributed by atoms with Gasteiger partial charge in [-0.15, -0.1) is 11.3 Å². The van der Waals surface area contributed by atoms with Gasteiger partial charge >= 0.3 is 6.09 Å². The van der Waals surface area contributed by atoms with Gasteiger partial charge in [0.05, 0.1) is 4.70 Å². The van der Waals surface area contributed by atoms with Gasteiger partial charge in [0.1, 0.15) is 29.0 Å². The van der Waals surface area contributed by atoms with E-state index >= 15 is 0 Å². The van der Waals surface area contributed by atoms with Crippen molar-refractivity contribution in [3.8, 4) is 0 Å². The zero-order valence-corrected chi connectivity index (χ0v) is 18.6. The van der Waals surface area contributed by atoms with Crippen molar-refractivity contribution >= 4 is 45.4 Å². The number of carbonyl (C=O) groups is 4. The summed E-state index contributed by atoms with van der Waals surface area (Å²) in [6, 6.07) is 9.25. The second-order valence-corrected chi connectivity index (χ2v) is 9.13. The number of thiazole rings is 1. The van der Waals surface area contributed by atoms with Crippen molar-refractivity contribution < 1.29 is 28.3 Å². The number of piperidine rings is 1. The van der Waals surface area contributed by atoms with Crippen molar-refractivity contribution in [1.29, 1.82) is 0 Å². The van der Waals surface area contributed by atoms with Gasteiger partial charge < -0.3 is 15.0 Å². The van der Waals surface area contributed by atoms with Crippen LogP contribution in [-0.4, -0.2) is 39.7 Å². The number of aromatic nitrogens is 1. The Balaban J connectivity index is 1.17. The largest absolute Gasteiger partial charge is 0.442 e. The number of hydrogen-bond acceptors (Lipinski definition) is 7. The summed E-state index contributed by atoms with van der Waals surface area (Å²) in [5.74, 6) is -1.50. The number of para-hydroxylation sites is 1. The van der Waals surface area contributed by atoms with Crippen LogP contribution in [0.2, 0.25) is 0 Å². The van der Waals surface area contributed by atoms with E-state index in [0.717, 1.165) is 5.56 Å². The molecule has 3 aromatic rings. The Morgan fingerprint density at radius 3 is 2.91 bits per heavy atom. The highest BCUT2D eigenvalue weighted by molar-refractivity contribution is 7.18. The molecule has 2 aromatic carbocycles. The van der Waals surface area contributed by atoms with E-state index in [1.54, 1.807) is 30.3 Å². The molecular formula is C23H19FN4O5S. The fourth-order valence-electron chi connectivity index (χ4n) is 4.09. The lowest BCUT2D eigenvalue weighted by Crippen LogP contribution is -2.52. The molecule has 0 aliphatic carbocycles. The molecule has 34 heavy (non-hydrogen) atoms. The number of imide groups is 1. The molecule has 4 amide bonds. The normalized spacial score (nSPS) is 17.6. The van der Waals surface area contributed by atoms with Crippen molar-refractivity contribution in [1.82, 2.24) is 20.5 Å². The number of hydrogen-bond donors (Lipinski definition) is 2. The maximum absolute atomic E-state index is 13.8. The van der Waals surface area contributed by atoms with Crippen LogP contribution in [0.15, 0.2) is 36.4 Å². The lowest BCUT2D eigenvalue weighted by molar-refractivity contribution is -0.136. The Bertz CT molecular complexity index is 1340. The predicted octanol–water partition coefficient (Wildman–Crippen LogP) is 2.62. The van der Waals surface area contributed by atoms with Gasteiger partial charge in [0, 0.05) is 25.1 Å². The van der Waals surface area contributed by atoms with Crippen LogP contribution in [-0.2, 0) is 34.0 Å². The van der Waals surface area contributed by atoms with E-state index in [9.17, 15) is 23.6 Å². The van der Waals surface area contributed by atoms with Crippen LogP contribution >= 0.6 is 11.3 Å². The number of benzene rings is 2. The van der Waals surface area contributed by atoms with Crippen LogP contribution in [0.3, 0.4) is 0 Å². The van der Waals surface area contributed by atoms with Gasteiger partial charge in [-0.05, 0) is 35.7 Å². The molecule has 2 aliphatic rings. The Kier molecular flexibility index (Phi) is 5.70. The third-order valence-electron chi connectivity index (χ3n) is 5.77. The molecule has 9 nitrogen and oxygen atoms in total. The number of fused-ring (bicyclic) bond motifs is 2. The number of alkyl carbamates (subject to hydrolysis) is 1. The van der Waals surface area contributed by atoms with Crippen LogP contribution in [0.4, 0.5) is 9.18 Å². The average molecular weight is 482 g/mol. The van der Waals surface area contributed by atoms with Gasteiger partial charge in [0.2, 0.25) is 11.8 Å². The fourth-order valence-corrected chi connectivity index (χ4v) is 4.98. The quantitative estimate of drug-likeness (QED) is 0.540. The minimum Gasteiger partial charge on any atom is -0.442 e. The van der Waals surface area contributed by atoms with Crippen LogP contribution in [0.25, 0.3) is 10.2 Å². The molecule has 1 fully saturated rings. The summed E-state index contributed by atoms with van der Waals surface area (Å²) in [6.45, 7) is 0.333. The van der Waals surface area contributed by atoms with Crippen LogP contribution in [0.5, 0.6) is 0 Å². The number of rotatable bonds is 5. The number of halogens is 1. The highest BCUT2D eigenvalue weighted by atomic mass is 32.1. The molecule has 11 heteroatoms. The molecule has 0 spiro atoms. The summed E-state index contributed by atoms with van der Waals surface area (Å²) in [6.07, 6.45) is -0.178. The molecule has 1 unspecified atom stereocenters. The first-order chi connectivity index (χ1) is 16.4. The third kappa shape index (κ3) is 4.21. The van der Waals surface area contributed by atoms with Crippen LogP contribution in [0.1, 0.15) is 39.3 Å². The molecule has 0 radical (unpaired) electrons. The van der Waals surface area contributed by atoms with E-state index in [0.29, 0.717) is 33.8 Å². The maximum atomic E-state index is 13.8. The molecule has 5 rings (SSSR count). The van der Waals surface area contributed by atoms with Gasteiger partial charge in [-0.25, -0.2) is 14.2 Å². The lowest BCUT2D eigenvalue weighted by atomic mass is 10.0. The fraction of sp³-hybridized carbons (Fsp3) is 0.261. The molecule has 174 valence electrons. The van der Waals surface area contributed by atoms with Crippen molar-refractivity contribution in [2.24, 2.45) is 0 Å². The number of nitrogens with zero attached hydrogens (tertiary/aromatic N) is 2. The molecule has 1 saturated heterocycles. The summed E-state index contributed by atoms with van der Waals surface area (Å²) in [5.41, 5.74) is 2.19. The minimum atomic E-state index is -0.676. The van der Waals surface area contributed by atoms with E-state index in [4.69, 9.17) is 4.74 Å². The zero-order valence-electron chi connectivity index (χ0n) is 17.8. The van der Waals surface area contributed by atoms with E-state index in [1.807, 2.05) is 0 Å². The summed E-state index contributed by atoms with van der Waals surface area (Å²) >= 11 is 1.25. The third-order valence-corrected chi connectivity index (χ3v) is 6.76. The first kappa shape index (κ1) is 22.0. The molecule has 3 heterocycles. The van der Waals surface area contributed by atoms with Crippen molar-refractivity contribution in [2.45, 2.75) is 38.6 Å². The first-order valence-electron chi connectivity index (χ1n) is 10.6. The second kappa shape index (κ2) is 8.82. The van der Waals surface area contributed by atoms with Gasteiger partial charge in [-0.2, -0.15) is 0 Å². The van der Waals surface area contributed by atoms with E-state index in [-0.39, 0.29) is 36.9 Å². The standard InChI is InChI=1S/C23H19FN4O5S/c24-15-2-1-3-17-20(15)27-19(34-17)11-33-23(32)25-9-12-4-5-13-10-28(22(31)14(13)8-12)16-6-7-18(29)26-21(16)30/h1-5,8,16H,6-7,9-11H2,(H,25,32)(H,26,29,30). The number of nitrogens with one attached hydrogen (secondary N) is 2. The summed E-state index contributed by atoms with van der Waals surface area (Å²) in [7, 11) is 0. The summed E-state index contributed by atoms with van der Waals surface area (Å²) in [4.78, 5) is 54.2. The van der Waals surface area contributed by atoms with E-state index < -0.39 is 23.9 Å². The van der Waals surface area contributed by atoms with E-state index in [2.05, 4.69) is 15.6 Å². The predicted molar refractivity (Wildman–Crippen MR) is 119 cm³/mol. The molecule has 1 aromatic heterocycles. The number of ether oxygens (including phenoxy) is 1. The summed E-state index contributed by atoms with van der Waals surface area (Å²) in [5, 5.41) is 5.38. The molecule has 0 saturated carbocycles. The first-order valence-corrected chi connectivity index (χ1v) is 11.4. The average Bonchev–Trinajstić information content (AvgIpc) is 3.38. The Morgan fingerprint density at radius 2 is 2.12 bits per heavy atom. The molecule has 1 atom stereocenters. The van der Waals surface area contributed by atoms with Crippen LogP contribution < -0.4 is 10.6 Å². The zero-order chi connectivity index (χ0) is 23.8.